The van der Waals surface area contributed by atoms with Crippen LogP contribution in [0.25, 0.3) is 0 Å². The molecule has 1 atom stereocenters. The minimum absolute atomic E-state index is 0.303. The Hall–Kier alpha value is 3.77. The predicted octanol–water partition coefficient (Wildman–Crippen LogP) is 6.36. The van der Waals surface area contributed by atoms with Gasteiger partial charge >= 0.3 is 12.0 Å². The summed E-state index contributed by atoms with van der Waals surface area (Å²) in [5.41, 5.74) is 0. The molecule has 0 amide bonds. The smallest absolute Gasteiger partial charge is 0.150 e. The zero-order valence-corrected chi connectivity index (χ0v) is 19.6. The van der Waals surface area contributed by atoms with Crippen LogP contribution in [0, 0.1) is 0 Å². The fourth-order valence-corrected chi connectivity index (χ4v) is 43.3. The summed E-state index contributed by atoms with van der Waals surface area (Å²) in [6.07, 6.45) is 0. The number of halogens is 10. The van der Waals surface area contributed by atoms with Crippen molar-refractivity contribution in [1.29, 1.82) is 0 Å². The van der Waals surface area contributed by atoms with Crippen molar-refractivity contribution in [2.24, 2.45) is 0 Å². The number of hydrogen-bond donors (Lipinski definition) is 0. The van der Waals surface area contributed by atoms with E-state index >= 15 is 0 Å². The molecule has 0 fully saturated rings. The molecule has 0 spiro atoms. The molecule has 17 heavy (non-hydrogen) atoms. The standard InChI is InChI=1S/C3H6Cl10Si4/c4-14(5)3(17(11,12)13)15(6,7)1-2-16(8,9)10/h3,14H,1-2H2. The Morgan fingerprint density at radius 3 is 1.41 bits per heavy atom. The second-order valence-electron chi connectivity index (χ2n) is 3.23. The van der Waals surface area contributed by atoms with E-state index < -0.39 is 30.9 Å². The lowest BCUT2D eigenvalue weighted by Gasteiger charge is -2.31. The maximum Gasteiger partial charge on any atom is 0.343 e. The second-order valence-corrected chi connectivity index (χ2v) is 35.3. The van der Waals surface area contributed by atoms with Crippen LogP contribution < -0.4 is 0 Å². The summed E-state index contributed by atoms with van der Waals surface area (Å²) in [6, 6.07) is -5.38. The molecule has 0 rings (SSSR count). The van der Waals surface area contributed by atoms with Crippen molar-refractivity contribution in [1.82, 2.24) is 0 Å². The Balaban J connectivity index is 4.86. The van der Waals surface area contributed by atoms with Gasteiger partial charge in [-0.15, -0.1) is 88.6 Å². The van der Waals surface area contributed by atoms with Crippen LogP contribution in [0.2, 0.25) is 16.9 Å². The minimum Gasteiger partial charge on any atom is -0.150 e. The minimum atomic E-state index is -3.18. The highest BCUT2D eigenvalue weighted by atomic mass is 35.8. The highest BCUT2D eigenvalue weighted by Crippen LogP contribution is 2.50. The van der Waals surface area contributed by atoms with E-state index in [4.69, 9.17) is 111 Å². The van der Waals surface area contributed by atoms with Gasteiger partial charge in [0.1, 0.15) is 0 Å². The highest BCUT2D eigenvalue weighted by molar-refractivity contribution is 7.75. The largest absolute Gasteiger partial charge is 0.343 e. The van der Waals surface area contributed by atoms with Gasteiger partial charge in [-0.2, -0.15) is 22.2 Å². The van der Waals surface area contributed by atoms with E-state index in [9.17, 15) is 0 Å². The zero-order chi connectivity index (χ0) is 14.1. The summed E-state index contributed by atoms with van der Waals surface area (Å²) < 4.78 is 0. The maximum atomic E-state index is 6.29. The lowest BCUT2D eigenvalue weighted by atomic mass is 11.0. The van der Waals surface area contributed by atoms with E-state index in [1.165, 1.54) is 0 Å². The zero-order valence-electron chi connectivity index (χ0n) is 7.85. The van der Waals surface area contributed by atoms with Gasteiger partial charge in [0.2, 0.25) is 7.42 Å². The van der Waals surface area contributed by atoms with Crippen molar-refractivity contribution < 1.29 is 0 Å². The molecule has 0 aliphatic rings. The average molecular weight is 509 g/mol. The van der Waals surface area contributed by atoms with Gasteiger partial charge in [-0.1, -0.05) is 0 Å². The number of rotatable bonds is 6. The fourth-order valence-electron chi connectivity index (χ4n) is 1.03. The molecule has 0 aromatic carbocycles. The van der Waals surface area contributed by atoms with E-state index in [2.05, 4.69) is 0 Å². The molecule has 0 N–H and O–H groups in total. The molecule has 0 aliphatic heterocycles. The van der Waals surface area contributed by atoms with E-state index in [0.29, 0.717) is 12.1 Å². The van der Waals surface area contributed by atoms with Crippen molar-refractivity contribution in [2.75, 3.05) is 0 Å². The topological polar surface area (TPSA) is 0 Å². The van der Waals surface area contributed by atoms with Crippen LogP contribution in [0.5, 0.6) is 0 Å². The van der Waals surface area contributed by atoms with Crippen LogP contribution in [-0.4, -0.2) is 26.1 Å². The first kappa shape index (κ1) is 20.8. The van der Waals surface area contributed by atoms with Crippen molar-refractivity contribution in [3.8, 4) is 0 Å². The molecule has 1 unspecified atom stereocenters. The first-order valence-electron chi connectivity index (χ1n) is 4.07. The van der Waals surface area contributed by atoms with Crippen LogP contribution in [-0.2, 0) is 0 Å². The van der Waals surface area contributed by atoms with Gasteiger partial charge < -0.3 is 0 Å². The lowest BCUT2D eigenvalue weighted by molar-refractivity contribution is 1.37. The molecule has 0 nitrogen and oxygen atoms in total. The van der Waals surface area contributed by atoms with Gasteiger partial charge in [0.05, 0.1) is 0 Å². The first-order chi connectivity index (χ1) is 7.27. The van der Waals surface area contributed by atoms with Crippen molar-refractivity contribution in [3.63, 3.8) is 0 Å². The fraction of sp³-hybridized carbons (Fsp3) is 1.00. The third-order valence-corrected chi connectivity index (χ3v) is 30.5. The van der Waals surface area contributed by atoms with Gasteiger partial charge in [0.15, 0.2) is 0 Å². The Labute approximate surface area is 152 Å². The molecular weight excluding hydrogens is 503 g/mol. The maximum absolute atomic E-state index is 6.29. The first-order valence-corrected chi connectivity index (χ1v) is 22.9. The van der Waals surface area contributed by atoms with Crippen molar-refractivity contribution in [2.45, 2.75) is 16.9 Å². The summed E-state index contributed by atoms with van der Waals surface area (Å²) in [5.74, 6) is 0. The molecule has 0 radical (unpaired) electrons. The molecule has 0 saturated heterocycles. The monoisotopic (exact) mass is 504 g/mol. The molecule has 0 aliphatic carbocycles. The summed E-state index contributed by atoms with van der Waals surface area (Å²) in [4.78, 5) is -0.604. The van der Waals surface area contributed by atoms with E-state index in [1.54, 1.807) is 0 Å². The van der Waals surface area contributed by atoms with Crippen molar-refractivity contribution in [3.05, 3.63) is 0 Å². The lowest BCUT2D eigenvalue weighted by Crippen LogP contribution is -2.44. The van der Waals surface area contributed by atoms with Gasteiger partial charge in [0, 0.05) is 4.79 Å². The van der Waals surface area contributed by atoms with E-state index in [-0.39, 0.29) is 0 Å². The molecule has 0 aromatic heterocycles. The Morgan fingerprint density at radius 2 is 1.18 bits per heavy atom. The van der Waals surface area contributed by atoms with Crippen LogP contribution >= 0.6 is 111 Å². The van der Waals surface area contributed by atoms with Gasteiger partial charge in [-0.25, -0.2) is 0 Å². The summed E-state index contributed by atoms with van der Waals surface area (Å²) in [5, 5.41) is 0. The SMILES string of the molecule is Cl[SiH](Cl)C([Si](Cl)(Cl)Cl)[Si](Cl)(Cl)CC[Si](Cl)(Cl)Cl. The Kier molecular flexibility index (Phi) is 9.60. The van der Waals surface area contributed by atoms with Crippen LogP contribution in [0.15, 0.2) is 0 Å². The van der Waals surface area contributed by atoms with E-state index in [1.807, 2.05) is 0 Å². The average Bonchev–Trinajstić information content (AvgIpc) is 1.94. The third-order valence-electron chi connectivity index (χ3n) is 1.80. The van der Waals surface area contributed by atoms with Crippen LogP contribution in [0.3, 0.4) is 0 Å². The van der Waals surface area contributed by atoms with Gasteiger partial charge in [-0.05, 0) is 12.1 Å². The predicted molar refractivity (Wildman–Crippen MR) is 96.3 cm³/mol. The second kappa shape index (κ2) is 7.86. The molecule has 104 valence electrons. The molecule has 14 heteroatoms. The molecule has 0 bridgehead atoms. The van der Waals surface area contributed by atoms with E-state index in [0.717, 1.165) is 0 Å². The molecule has 0 aromatic rings. The molecule has 0 heterocycles. The Morgan fingerprint density at radius 1 is 0.765 bits per heavy atom. The summed E-state index contributed by atoms with van der Waals surface area (Å²) in [7, 11) is -2.33. The quantitative estimate of drug-likeness (QED) is 0.289. The summed E-state index contributed by atoms with van der Waals surface area (Å²) >= 11 is 59.6. The normalized spacial score (nSPS) is 16.4. The van der Waals surface area contributed by atoms with Crippen LogP contribution in [0.4, 0.5) is 0 Å². The number of hydrogen-bond acceptors (Lipinski definition) is 0. The van der Waals surface area contributed by atoms with Crippen LogP contribution in [0.1, 0.15) is 0 Å². The van der Waals surface area contributed by atoms with Gasteiger partial charge in [0.25, 0.3) is 6.69 Å². The third kappa shape index (κ3) is 8.71. The highest BCUT2D eigenvalue weighted by Gasteiger charge is 2.56. The molecule has 0 saturated carbocycles. The molecular formula is C3H6Cl10Si4. The Bertz CT molecular complexity index is 243. The van der Waals surface area contributed by atoms with Gasteiger partial charge in [-0.3, -0.25) is 0 Å². The summed E-state index contributed by atoms with van der Waals surface area (Å²) in [6.45, 7) is -2.95. The van der Waals surface area contributed by atoms with Crippen molar-refractivity contribution >= 4 is 137 Å².